The predicted octanol–water partition coefficient (Wildman–Crippen LogP) is 3.80. The van der Waals surface area contributed by atoms with Crippen molar-refractivity contribution in [1.29, 1.82) is 0 Å². The van der Waals surface area contributed by atoms with Crippen molar-refractivity contribution in [3.8, 4) is 34.5 Å². The first-order valence-corrected chi connectivity index (χ1v) is 8.24. The fourth-order valence-corrected chi connectivity index (χ4v) is 2.62. The molecule has 0 amide bonds. The second-order valence-corrected chi connectivity index (χ2v) is 5.65. The summed E-state index contributed by atoms with van der Waals surface area (Å²) in [6, 6.07) is 7.38. The molecule has 0 heterocycles. The van der Waals surface area contributed by atoms with E-state index in [0.717, 1.165) is 22.6 Å². The molecule has 26 heavy (non-hydrogen) atoms. The first-order chi connectivity index (χ1) is 12.5. The summed E-state index contributed by atoms with van der Waals surface area (Å²) < 4.78 is 33.0. The largest absolute Gasteiger partial charge is 0.497 e. The van der Waals surface area contributed by atoms with E-state index in [1.807, 2.05) is 26.0 Å². The van der Waals surface area contributed by atoms with Crippen molar-refractivity contribution in [2.75, 3.05) is 41.7 Å². The molecule has 6 nitrogen and oxygen atoms in total. The predicted molar refractivity (Wildman–Crippen MR) is 99.6 cm³/mol. The number of aryl methyl sites for hydroxylation is 2. The van der Waals surface area contributed by atoms with Gasteiger partial charge in [-0.3, -0.25) is 0 Å². The van der Waals surface area contributed by atoms with Gasteiger partial charge in [-0.05, 0) is 37.1 Å². The Morgan fingerprint density at radius 2 is 0.962 bits per heavy atom. The summed E-state index contributed by atoms with van der Waals surface area (Å²) in [6.07, 6.45) is 0. The molecular formula is C20H26O6. The van der Waals surface area contributed by atoms with E-state index in [1.165, 1.54) is 0 Å². The van der Waals surface area contributed by atoms with Gasteiger partial charge in [0, 0.05) is 12.1 Å². The molecule has 0 aliphatic heterocycles. The summed E-state index contributed by atoms with van der Waals surface area (Å²) in [5.74, 6) is 4.05. The van der Waals surface area contributed by atoms with Crippen molar-refractivity contribution < 1.29 is 28.4 Å². The topological polar surface area (TPSA) is 55.4 Å². The number of benzene rings is 2. The maximum absolute atomic E-state index is 5.87. The number of hydrogen-bond acceptors (Lipinski definition) is 6. The first kappa shape index (κ1) is 19.6. The number of ether oxygens (including phenoxy) is 6. The van der Waals surface area contributed by atoms with Gasteiger partial charge in [-0.1, -0.05) is 0 Å². The SMILES string of the molecule is COc1cc(C)c(OCCOc2c(C)cc(OC)cc2OC)c(OC)c1. The molecule has 0 aliphatic rings. The van der Waals surface area contributed by atoms with Gasteiger partial charge < -0.3 is 28.4 Å². The molecule has 0 spiro atoms. The van der Waals surface area contributed by atoms with Crippen LogP contribution in [0, 0.1) is 13.8 Å². The summed E-state index contributed by atoms with van der Waals surface area (Å²) in [7, 11) is 6.44. The third kappa shape index (κ3) is 4.45. The van der Waals surface area contributed by atoms with Gasteiger partial charge in [-0.25, -0.2) is 0 Å². The molecule has 0 aliphatic carbocycles. The van der Waals surface area contributed by atoms with Gasteiger partial charge in [-0.2, -0.15) is 0 Å². The maximum atomic E-state index is 5.87. The molecule has 0 unspecified atom stereocenters. The minimum absolute atomic E-state index is 0.359. The fraction of sp³-hybridized carbons (Fsp3) is 0.400. The Hall–Kier alpha value is -2.76. The van der Waals surface area contributed by atoms with E-state index in [0.29, 0.717) is 36.2 Å². The highest BCUT2D eigenvalue weighted by Crippen LogP contribution is 2.36. The molecule has 0 radical (unpaired) electrons. The van der Waals surface area contributed by atoms with Gasteiger partial charge in [0.2, 0.25) is 0 Å². The molecule has 2 rings (SSSR count). The van der Waals surface area contributed by atoms with Crippen molar-refractivity contribution in [1.82, 2.24) is 0 Å². The van der Waals surface area contributed by atoms with E-state index in [9.17, 15) is 0 Å². The standard InChI is InChI=1S/C20H26O6/c1-13-9-15(21-3)11-17(23-5)19(13)25-7-8-26-20-14(2)10-16(22-4)12-18(20)24-6/h9-12H,7-8H2,1-6H3. The zero-order chi connectivity index (χ0) is 19.1. The molecule has 0 N–H and O–H groups in total. The fourth-order valence-electron chi connectivity index (χ4n) is 2.62. The van der Waals surface area contributed by atoms with Crippen LogP contribution in [0.5, 0.6) is 34.5 Å². The van der Waals surface area contributed by atoms with E-state index < -0.39 is 0 Å². The smallest absolute Gasteiger partial charge is 0.164 e. The van der Waals surface area contributed by atoms with E-state index in [2.05, 4.69) is 0 Å². The lowest BCUT2D eigenvalue weighted by Gasteiger charge is -2.17. The molecule has 0 aromatic heterocycles. The van der Waals surface area contributed by atoms with Crippen LogP contribution >= 0.6 is 0 Å². The first-order valence-electron chi connectivity index (χ1n) is 8.24. The van der Waals surface area contributed by atoms with Crippen LogP contribution in [0.3, 0.4) is 0 Å². The Bertz CT molecular complexity index is 678. The van der Waals surface area contributed by atoms with Crippen molar-refractivity contribution in [2.24, 2.45) is 0 Å². The zero-order valence-electron chi connectivity index (χ0n) is 16.2. The highest BCUT2D eigenvalue weighted by Gasteiger charge is 2.13. The van der Waals surface area contributed by atoms with E-state index in [-0.39, 0.29) is 0 Å². The number of methoxy groups -OCH3 is 4. The molecule has 0 bridgehead atoms. The van der Waals surface area contributed by atoms with E-state index in [4.69, 9.17) is 28.4 Å². The normalized spacial score (nSPS) is 10.2. The Balaban J connectivity index is 2.04. The van der Waals surface area contributed by atoms with Crippen molar-refractivity contribution in [3.63, 3.8) is 0 Å². The number of rotatable bonds is 9. The average Bonchev–Trinajstić information content (AvgIpc) is 2.65. The molecule has 0 atom stereocenters. The van der Waals surface area contributed by atoms with Gasteiger partial charge >= 0.3 is 0 Å². The monoisotopic (exact) mass is 362 g/mol. The summed E-state index contributed by atoms with van der Waals surface area (Å²) >= 11 is 0. The number of hydrogen-bond donors (Lipinski definition) is 0. The van der Waals surface area contributed by atoms with Crippen LogP contribution in [-0.4, -0.2) is 41.7 Å². The van der Waals surface area contributed by atoms with E-state index >= 15 is 0 Å². The highest BCUT2D eigenvalue weighted by atomic mass is 16.6. The Kier molecular flexibility index (Phi) is 6.83. The third-order valence-corrected chi connectivity index (χ3v) is 3.92. The minimum Gasteiger partial charge on any atom is -0.497 e. The Morgan fingerprint density at radius 3 is 1.27 bits per heavy atom. The van der Waals surface area contributed by atoms with Gasteiger partial charge in [0.1, 0.15) is 24.7 Å². The summed E-state index contributed by atoms with van der Waals surface area (Å²) in [5.41, 5.74) is 1.86. The summed E-state index contributed by atoms with van der Waals surface area (Å²) in [6.45, 7) is 4.60. The van der Waals surface area contributed by atoms with Crippen LogP contribution in [0.1, 0.15) is 11.1 Å². The van der Waals surface area contributed by atoms with Crippen molar-refractivity contribution in [2.45, 2.75) is 13.8 Å². The summed E-state index contributed by atoms with van der Waals surface area (Å²) in [4.78, 5) is 0. The third-order valence-electron chi connectivity index (χ3n) is 3.92. The lowest BCUT2D eigenvalue weighted by atomic mass is 10.2. The highest BCUT2D eigenvalue weighted by molar-refractivity contribution is 5.52. The zero-order valence-corrected chi connectivity index (χ0v) is 16.2. The average molecular weight is 362 g/mol. The molecular weight excluding hydrogens is 336 g/mol. The summed E-state index contributed by atoms with van der Waals surface area (Å²) in [5, 5.41) is 0. The minimum atomic E-state index is 0.359. The van der Waals surface area contributed by atoms with Gasteiger partial charge in [-0.15, -0.1) is 0 Å². The molecule has 0 saturated carbocycles. The lowest BCUT2D eigenvalue weighted by molar-refractivity contribution is 0.204. The van der Waals surface area contributed by atoms with Crippen LogP contribution in [0.25, 0.3) is 0 Å². The molecule has 142 valence electrons. The van der Waals surface area contributed by atoms with E-state index in [1.54, 1.807) is 40.6 Å². The molecule has 0 saturated heterocycles. The molecule has 0 fully saturated rings. The Morgan fingerprint density at radius 1 is 0.577 bits per heavy atom. The van der Waals surface area contributed by atoms with Gasteiger partial charge in [0.05, 0.1) is 28.4 Å². The van der Waals surface area contributed by atoms with Crippen LogP contribution in [-0.2, 0) is 0 Å². The molecule has 2 aromatic rings. The van der Waals surface area contributed by atoms with Crippen LogP contribution in [0.4, 0.5) is 0 Å². The van der Waals surface area contributed by atoms with Gasteiger partial charge in [0.25, 0.3) is 0 Å². The van der Waals surface area contributed by atoms with Crippen LogP contribution in [0.15, 0.2) is 24.3 Å². The Labute approximate surface area is 154 Å². The van der Waals surface area contributed by atoms with Crippen LogP contribution in [0.2, 0.25) is 0 Å². The second-order valence-electron chi connectivity index (χ2n) is 5.65. The molecule has 6 heteroatoms. The quantitative estimate of drug-likeness (QED) is 0.633. The van der Waals surface area contributed by atoms with Crippen molar-refractivity contribution >= 4 is 0 Å². The van der Waals surface area contributed by atoms with Crippen LogP contribution < -0.4 is 28.4 Å². The molecule has 2 aromatic carbocycles. The second kappa shape index (κ2) is 9.08. The van der Waals surface area contributed by atoms with Gasteiger partial charge in [0.15, 0.2) is 23.0 Å². The van der Waals surface area contributed by atoms with Crippen molar-refractivity contribution in [3.05, 3.63) is 35.4 Å². The maximum Gasteiger partial charge on any atom is 0.164 e. The lowest BCUT2D eigenvalue weighted by Crippen LogP contribution is -2.11.